The molecule has 0 aromatic heterocycles. The maximum Gasteiger partial charge on any atom is 0.387 e. The van der Waals surface area contributed by atoms with Gasteiger partial charge in [0.15, 0.2) is 0 Å². The number of hydrogen-bond donors (Lipinski definition) is 1. The normalized spacial score (nSPS) is 11.1. The zero-order valence-corrected chi connectivity index (χ0v) is 13.0. The van der Waals surface area contributed by atoms with Gasteiger partial charge in [-0.25, -0.2) is 0 Å². The van der Waals surface area contributed by atoms with Gasteiger partial charge in [0.2, 0.25) is 5.91 Å². The first-order valence-electron chi connectivity index (χ1n) is 6.22. The molecule has 7 heteroatoms. The van der Waals surface area contributed by atoms with Gasteiger partial charge in [0.1, 0.15) is 5.75 Å². The van der Waals surface area contributed by atoms with E-state index in [-0.39, 0.29) is 11.7 Å². The molecule has 116 valence electrons. The van der Waals surface area contributed by atoms with E-state index in [0.29, 0.717) is 29.6 Å². The van der Waals surface area contributed by atoms with Crippen molar-refractivity contribution in [2.45, 2.75) is 13.0 Å². The molecule has 0 aliphatic rings. The highest BCUT2D eigenvalue weighted by Gasteiger charge is 2.08. The molecule has 1 aromatic rings. The molecule has 0 aliphatic carbocycles. The number of methoxy groups -OCH3 is 1. The summed E-state index contributed by atoms with van der Waals surface area (Å²) >= 11 is 3.24. The standard InChI is InChI=1S/C14H16BrF2NO3/c1-20-8-2-7-18-13(19)6-3-10-9-11(15)4-5-12(10)21-14(16)17/h3-6,9,14H,2,7-8H2,1H3,(H,18,19)/b6-3+. The number of ether oxygens (including phenoxy) is 2. The average Bonchev–Trinajstić information content (AvgIpc) is 2.43. The van der Waals surface area contributed by atoms with E-state index < -0.39 is 6.61 Å². The predicted molar refractivity (Wildman–Crippen MR) is 79.3 cm³/mol. The fourth-order valence-corrected chi connectivity index (χ4v) is 1.88. The Morgan fingerprint density at radius 3 is 2.90 bits per heavy atom. The van der Waals surface area contributed by atoms with Crippen LogP contribution in [0.4, 0.5) is 8.78 Å². The van der Waals surface area contributed by atoms with Crippen LogP contribution >= 0.6 is 15.9 Å². The Balaban J connectivity index is 2.65. The summed E-state index contributed by atoms with van der Waals surface area (Å²) < 4.78 is 34.5. The second kappa shape index (κ2) is 9.46. The number of halogens is 3. The van der Waals surface area contributed by atoms with Crippen molar-refractivity contribution in [3.8, 4) is 5.75 Å². The first-order valence-corrected chi connectivity index (χ1v) is 7.01. The minimum absolute atomic E-state index is 0.0108. The number of carbonyl (C=O) groups excluding carboxylic acids is 1. The lowest BCUT2D eigenvalue weighted by Gasteiger charge is -2.08. The molecular formula is C14H16BrF2NO3. The van der Waals surface area contributed by atoms with E-state index in [1.54, 1.807) is 19.2 Å². The van der Waals surface area contributed by atoms with E-state index in [1.165, 1.54) is 18.2 Å². The second-order valence-electron chi connectivity index (χ2n) is 4.03. The van der Waals surface area contributed by atoms with Crippen LogP contribution in [0.3, 0.4) is 0 Å². The third-order valence-electron chi connectivity index (χ3n) is 2.43. The van der Waals surface area contributed by atoms with E-state index in [0.717, 1.165) is 0 Å². The van der Waals surface area contributed by atoms with Crippen LogP contribution in [0.25, 0.3) is 6.08 Å². The third kappa shape index (κ3) is 7.19. The van der Waals surface area contributed by atoms with Crippen molar-refractivity contribution >= 4 is 27.9 Å². The number of benzene rings is 1. The van der Waals surface area contributed by atoms with E-state index in [4.69, 9.17) is 4.74 Å². The molecule has 1 N–H and O–H groups in total. The average molecular weight is 364 g/mol. The van der Waals surface area contributed by atoms with Crippen LogP contribution in [0, 0.1) is 0 Å². The molecule has 0 spiro atoms. The van der Waals surface area contributed by atoms with Crippen molar-refractivity contribution in [3.05, 3.63) is 34.3 Å². The number of hydrogen-bond acceptors (Lipinski definition) is 3. The molecule has 0 saturated heterocycles. The van der Waals surface area contributed by atoms with Gasteiger partial charge < -0.3 is 14.8 Å². The maximum atomic E-state index is 12.3. The van der Waals surface area contributed by atoms with Crippen LogP contribution in [0.2, 0.25) is 0 Å². The summed E-state index contributed by atoms with van der Waals surface area (Å²) in [6.07, 6.45) is 3.40. The highest BCUT2D eigenvalue weighted by atomic mass is 79.9. The highest BCUT2D eigenvalue weighted by molar-refractivity contribution is 9.10. The zero-order chi connectivity index (χ0) is 15.7. The molecule has 0 unspecified atom stereocenters. The van der Waals surface area contributed by atoms with E-state index in [9.17, 15) is 13.6 Å². The molecule has 21 heavy (non-hydrogen) atoms. The summed E-state index contributed by atoms with van der Waals surface area (Å²) in [7, 11) is 1.58. The molecule has 0 aliphatic heterocycles. The molecule has 1 aromatic carbocycles. The Morgan fingerprint density at radius 1 is 1.48 bits per heavy atom. The van der Waals surface area contributed by atoms with Gasteiger partial charge in [-0.1, -0.05) is 15.9 Å². The molecule has 0 bridgehead atoms. The van der Waals surface area contributed by atoms with Gasteiger partial charge >= 0.3 is 6.61 Å². The Hall–Kier alpha value is -1.47. The van der Waals surface area contributed by atoms with Gasteiger partial charge in [0.05, 0.1) is 0 Å². The van der Waals surface area contributed by atoms with Crippen molar-refractivity contribution < 1.29 is 23.0 Å². The van der Waals surface area contributed by atoms with E-state index in [2.05, 4.69) is 26.0 Å². The summed E-state index contributed by atoms with van der Waals surface area (Å²) in [5.74, 6) is -0.300. The SMILES string of the molecule is COCCCNC(=O)/C=C/c1cc(Br)ccc1OC(F)F. The van der Waals surface area contributed by atoms with Crippen molar-refractivity contribution in [2.75, 3.05) is 20.3 Å². The van der Waals surface area contributed by atoms with Gasteiger partial charge in [-0.15, -0.1) is 0 Å². The van der Waals surface area contributed by atoms with Crippen molar-refractivity contribution in [2.24, 2.45) is 0 Å². The van der Waals surface area contributed by atoms with Crippen LogP contribution in [-0.2, 0) is 9.53 Å². The molecule has 1 amide bonds. The van der Waals surface area contributed by atoms with Crippen LogP contribution in [0.5, 0.6) is 5.75 Å². The Bertz CT molecular complexity index is 495. The molecule has 0 atom stereocenters. The summed E-state index contributed by atoms with van der Waals surface area (Å²) in [6, 6.07) is 4.58. The lowest BCUT2D eigenvalue weighted by Crippen LogP contribution is -2.22. The van der Waals surface area contributed by atoms with Gasteiger partial charge in [0.25, 0.3) is 0 Å². The first kappa shape index (κ1) is 17.6. The molecule has 0 radical (unpaired) electrons. The summed E-state index contributed by atoms with van der Waals surface area (Å²) in [5, 5.41) is 2.66. The van der Waals surface area contributed by atoms with Gasteiger partial charge in [0, 0.05) is 36.4 Å². The molecule has 0 fully saturated rings. The molecule has 0 heterocycles. The topological polar surface area (TPSA) is 47.6 Å². The summed E-state index contributed by atoms with van der Waals surface area (Å²) in [4.78, 5) is 11.6. The quantitative estimate of drug-likeness (QED) is 0.569. The molecule has 4 nitrogen and oxygen atoms in total. The van der Waals surface area contributed by atoms with Crippen molar-refractivity contribution in [1.29, 1.82) is 0 Å². The molecule has 0 saturated carbocycles. The van der Waals surface area contributed by atoms with E-state index >= 15 is 0 Å². The minimum Gasteiger partial charge on any atom is -0.434 e. The van der Waals surface area contributed by atoms with Crippen LogP contribution in [-0.4, -0.2) is 32.8 Å². The largest absolute Gasteiger partial charge is 0.434 e. The van der Waals surface area contributed by atoms with Crippen molar-refractivity contribution in [3.63, 3.8) is 0 Å². The molecular weight excluding hydrogens is 348 g/mol. The lowest BCUT2D eigenvalue weighted by atomic mass is 10.2. The van der Waals surface area contributed by atoms with E-state index in [1.807, 2.05) is 0 Å². The number of rotatable bonds is 8. The van der Waals surface area contributed by atoms with Crippen LogP contribution in [0.15, 0.2) is 28.7 Å². The predicted octanol–water partition coefficient (Wildman–Crippen LogP) is 3.22. The third-order valence-corrected chi connectivity index (χ3v) is 2.92. The molecule has 1 rings (SSSR count). The fraction of sp³-hybridized carbons (Fsp3) is 0.357. The number of carbonyl (C=O) groups is 1. The van der Waals surface area contributed by atoms with Gasteiger partial charge in [-0.3, -0.25) is 4.79 Å². The van der Waals surface area contributed by atoms with Crippen LogP contribution in [0.1, 0.15) is 12.0 Å². The van der Waals surface area contributed by atoms with Gasteiger partial charge in [-0.2, -0.15) is 8.78 Å². The smallest absolute Gasteiger partial charge is 0.387 e. The fourth-order valence-electron chi connectivity index (χ4n) is 1.51. The minimum atomic E-state index is -2.92. The number of alkyl halides is 2. The Morgan fingerprint density at radius 2 is 2.24 bits per heavy atom. The second-order valence-corrected chi connectivity index (χ2v) is 4.95. The highest BCUT2D eigenvalue weighted by Crippen LogP contribution is 2.25. The maximum absolute atomic E-state index is 12.3. The van der Waals surface area contributed by atoms with Crippen LogP contribution < -0.4 is 10.1 Å². The number of amides is 1. The Labute approximate surface area is 130 Å². The Kier molecular flexibility index (Phi) is 7.92. The van der Waals surface area contributed by atoms with Gasteiger partial charge in [-0.05, 0) is 30.7 Å². The number of nitrogens with one attached hydrogen (secondary N) is 1. The van der Waals surface area contributed by atoms with Crippen molar-refractivity contribution in [1.82, 2.24) is 5.32 Å². The lowest BCUT2D eigenvalue weighted by molar-refractivity contribution is -0.116. The summed E-state index contributed by atoms with van der Waals surface area (Å²) in [6.45, 7) is -1.88. The zero-order valence-electron chi connectivity index (χ0n) is 11.4. The monoisotopic (exact) mass is 363 g/mol. The first-order chi connectivity index (χ1) is 10.0. The summed E-state index contributed by atoms with van der Waals surface area (Å²) in [5.41, 5.74) is 0.386.